The van der Waals surface area contributed by atoms with Gasteiger partial charge in [-0.3, -0.25) is 15.1 Å². The molecule has 3 aromatic rings. The van der Waals surface area contributed by atoms with Crippen molar-refractivity contribution in [2.75, 3.05) is 6.54 Å². The number of pyridine rings is 1. The normalized spacial score (nSPS) is 18.6. The molecule has 34 heavy (non-hydrogen) atoms. The maximum absolute atomic E-state index is 13.2. The fourth-order valence-electron chi connectivity index (χ4n) is 4.37. The summed E-state index contributed by atoms with van der Waals surface area (Å²) in [5, 5.41) is 24.7. The number of likely N-dealkylation sites (tertiary alicyclic amines) is 1. The van der Waals surface area contributed by atoms with E-state index in [1.807, 2.05) is 18.2 Å². The van der Waals surface area contributed by atoms with Crippen LogP contribution in [0.1, 0.15) is 41.6 Å². The Morgan fingerprint density at radius 3 is 2.62 bits per heavy atom. The van der Waals surface area contributed by atoms with E-state index in [1.165, 1.54) is 12.1 Å². The van der Waals surface area contributed by atoms with Crippen molar-refractivity contribution in [3.63, 3.8) is 0 Å². The van der Waals surface area contributed by atoms with Crippen LogP contribution in [0.3, 0.4) is 0 Å². The lowest BCUT2D eigenvalue weighted by molar-refractivity contribution is -0.128. The molecule has 4 unspecified atom stereocenters. The molecule has 7 nitrogen and oxygen atoms in total. The fraction of sp³-hybridized carbons (Fsp3) is 0.308. The van der Waals surface area contributed by atoms with Crippen molar-refractivity contribution in [3.8, 4) is 5.75 Å². The second kappa shape index (κ2) is 10.7. The molecule has 1 saturated heterocycles. The lowest BCUT2D eigenvalue weighted by atomic mass is 9.94. The minimum atomic E-state index is -0.993. The molecule has 0 saturated carbocycles. The number of aliphatic hydroxyl groups excluding tert-OH is 1. The molecule has 0 spiro atoms. The van der Waals surface area contributed by atoms with E-state index >= 15 is 0 Å². The van der Waals surface area contributed by atoms with Gasteiger partial charge in [-0.25, -0.2) is 4.39 Å². The highest BCUT2D eigenvalue weighted by Crippen LogP contribution is 2.32. The van der Waals surface area contributed by atoms with Crippen molar-refractivity contribution in [2.24, 2.45) is 11.7 Å². The summed E-state index contributed by atoms with van der Waals surface area (Å²) in [6.07, 6.45) is 2.98. The van der Waals surface area contributed by atoms with Gasteiger partial charge in [0.1, 0.15) is 17.8 Å². The molecule has 1 aliphatic rings. The molecular formula is C26H29FN4O3. The van der Waals surface area contributed by atoms with Gasteiger partial charge >= 0.3 is 0 Å². The summed E-state index contributed by atoms with van der Waals surface area (Å²) >= 11 is 0. The van der Waals surface area contributed by atoms with Crippen LogP contribution in [0, 0.1) is 11.7 Å². The van der Waals surface area contributed by atoms with Crippen LogP contribution in [0.2, 0.25) is 0 Å². The number of nitrogens with two attached hydrogens (primary N) is 1. The number of amides is 1. The van der Waals surface area contributed by atoms with E-state index in [1.54, 1.807) is 47.6 Å². The van der Waals surface area contributed by atoms with Gasteiger partial charge in [0.2, 0.25) is 5.91 Å². The van der Waals surface area contributed by atoms with Crippen LogP contribution in [-0.2, 0) is 11.3 Å². The molecule has 1 aliphatic heterocycles. The number of para-hydroxylation sites is 1. The second-order valence-corrected chi connectivity index (χ2v) is 8.72. The van der Waals surface area contributed by atoms with Crippen LogP contribution in [0.25, 0.3) is 0 Å². The second-order valence-electron chi connectivity index (χ2n) is 8.72. The number of hydrogen-bond donors (Lipinski definition) is 4. The predicted octanol–water partition coefficient (Wildman–Crippen LogP) is 3.01. The molecule has 5 N–H and O–H groups in total. The topological polar surface area (TPSA) is 112 Å². The lowest BCUT2D eigenvalue weighted by Crippen LogP contribution is -2.40. The zero-order chi connectivity index (χ0) is 24.1. The Bertz CT molecular complexity index is 1100. The van der Waals surface area contributed by atoms with Crippen LogP contribution in [0.4, 0.5) is 4.39 Å². The number of rotatable bonds is 9. The molecule has 1 fully saturated rings. The maximum Gasteiger partial charge on any atom is 0.223 e. The van der Waals surface area contributed by atoms with Crippen LogP contribution in [0.5, 0.6) is 5.75 Å². The van der Waals surface area contributed by atoms with Crippen molar-refractivity contribution < 1.29 is 19.4 Å². The number of carbonyl (C=O) groups excluding carboxylic acids is 1. The zero-order valence-corrected chi connectivity index (χ0v) is 18.7. The summed E-state index contributed by atoms with van der Waals surface area (Å²) < 4.78 is 13.2. The minimum absolute atomic E-state index is 0.0682. The largest absolute Gasteiger partial charge is 0.508 e. The van der Waals surface area contributed by atoms with Gasteiger partial charge < -0.3 is 20.8 Å². The summed E-state index contributed by atoms with van der Waals surface area (Å²) in [5.41, 5.74) is 8.71. The van der Waals surface area contributed by atoms with Gasteiger partial charge in [0, 0.05) is 55.5 Å². The van der Waals surface area contributed by atoms with Gasteiger partial charge in [0.25, 0.3) is 0 Å². The third kappa shape index (κ3) is 5.77. The number of halogens is 1. The summed E-state index contributed by atoms with van der Waals surface area (Å²) in [5.74, 6) is -0.628. The molecule has 1 aromatic heterocycles. The average molecular weight is 465 g/mol. The quantitative estimate of drug-likeness (QED) is 0.362. The van der Waals surface area contributed by atoms with E-state index in [-0.39, 0.29) is 35.9 Å². The van der Waals surface area contributed by atoms with Crippen LogP contribution >= 0.6 is 0 Å². The van der Waals surface area contributed by atoms with Gasteiger partial charge in [0.15, 0.2) is 0 Å². The molecule has 4 rings (SSSR count). The van der Waals surface area contributed by atoms with E-state index in [0.29, 0.717) is 25.1 Å². The number of benzene rings is 2. The summed E-state index contributed by atoms with van der Waals surface area (Å²) in [4.78, 5) is 18.4. The Labute approximate surface area is 198 Å². The average Bonchev–Trinajstić information content (AvgIpc) is 3.21. The first kappa shape index (κ1) is 23.8. The SMILES string of the molecule is NC(CC(NC(O)C1CC(=O)N(Cc2ccc(F)cc2)C1)c1ccccc1O)c1cccnc1. The predicted molar refractivity (Wildman–Crippen MR) is 126 cm³/mol. The number of aliphatic hydroxyl groups is 1. The summed E-state index contributed by atoms with van der Waals surface area (Å²) in [6.45, 7) is 0.726. The molecule has 0 aliphatic carbocycles. The van der Waals surface area contributed by atoms with E-state index < -0.39 is 12.3 Å². The highest BCUT2D eigenvalue weighted by atomic mass is 19.1. The van der Waals surface area contributed by atoms with Crippen molar-refractivity contribution >= 4 is 5.91 Å². The number of aromatic hydroxyl groups is 1. The number of nitrogens with zero attached hydrogens (tertiary/aromatic N) is 2. The molecule has 1 amide bonds. The number of hydrogen-bond acceptors (Lipinski definition) is 6. The molecule has 2 aromatic carbocycles. The molecule has 8 heteroatoms. The van der Waals surface area contributed by atoms with Crippen molar-refractivity contribution in [1.82, 2.24) is 15.2 Å². The number of nitrogens with one attached hydrogen (secondary N) is 1. The first-order chi connectivity index (χ1) is 16.4. The Hall–Kier alpha value is -3.33. The summed E-state index contributed by atoms with van der Waals surface area (Å²) in [7, 11) is 0. The Kier molecular flexibility index (Phi) is 7.52. The van der Waals surface area contributed by atoms with Gasteiger partial charge in [-0.2, -0.15) is 0 Å². The van der Waals surface area contributed by atoms with E-state index in [9.17, 15) is 19.4 Å². The van der Waals surface area contributed by atoms with Crippen molar-refractivity contribution in [2.45, 2.75) is 37.7 Å². The molecular weight excluding hydrogens is 435 g/mol. The third-order valence-electron chi connectivity index (χ3n) is 6.26. The zero-order valence-electron chi connectivity index (χ0n) is 18.7. The Morgan fingerprint density at radius 2 is 1.91 bits per heavy atom. The lowest BCUT2D eigenvalue weighted by Gasteiger charge is -2.29. The van der Waals surface area contributed by atoms with Crippen LogP contribution in [-0.4, -0.2) is 38.8 Å². The molecule has 0 radical (unpaired) electrons. The summed E-state index contributed by atoms with van der Waals surface area (Å²) in [6, 6.07) is 15.8. The van der Waals surface area contributed by atoms with Crippen LogP contribution in [0.15, 0.2) is 73.1 Å². The van der Waals surface area contributed by atoms with Gasteiger partial charge in [-0.15, -0.1) is 0 Å². The molecule has 4 atom stereocenters. The molecule has 0 bridgehead atoms. The first-order valence-electron chi connectivity index (χ1n) is 11.3. The first-order valence-corrected chi connectivity index (χ1v) is 11.3. The van der Waals surface area contributed by atoms with Crippen molar-refractivity contribution in [3.05, 3.63) is 95.6 Å². The van der Waals surface area contributed by atoms with Crippen molar-refractivity contribution in [1.29, 1.82) is 0 Å². The van der Waals surface area contributed by atoms with Gasteiger partial charge in [0.05, 0.1) is 0 Å². The third-order valence-corrected chi connectivity index (χ3v) is 6.26. The number of phenolic OH excluding ortho intramolecular Hbond substituents is 1. The maximum atomic E-state index is 13.2. The van der Waals surface area contributed by atoms with Crippen LogP contribution < -0.4 is 11.1 Å². The Balaban J connectivity index is 1.45. The highest BCUT2D eigenvalue weighted by Gasteiger charge is 2.35. The van der Waals surface area contributed by atoms with Gasteiger partial charge in [-0.05, 0) is 41.8 Å². The van der Waals surface area contributed by atoms with E-state index in [0.717, 1.165) is 11.1 Å². The standard InChI is InChI=1S/C26H29FN4O3/c27-20-9-7-17(8-10-20)15-31-16-19(12-25(31)33)26(34)30-23(21-5-1-2-6-24(21)32)13-22(28)18-4-3-11-29-14-18/h1-11,14,19,22-23,26,30,32,34H,12-13,15-16,28H2. The number of phenols is 1. The smallest absolute Gasteiger partial charge is 0.223 e. The van der Waals surface area contributed by atoms with E-state index in [2.05, 4.69) is 10.3 Å². The fourth-order valence-corrected chi connectivity index (χ4v) is 4.37. The number of carbonyl (C=O) groups is 1. The molecule has 178 valence electrons. The van der Waals surface area contributed by atoms with Gasteiger partial charge in [-0.1, -0.05) is 36.4 Å². The molecule has 2 heterocycles. The Morgan fingerprint density at radius 1 is 1.15 bits per heavy atom. The highest BCUT2D eigenvalue weighted by molar-refractivity contribution is 5.78. The number of aromatic nitrogens is 1. The van der Waals surface area contributed by atoms with E-state index in [4.69, 9.17) is 5.73 Å². The monoisotopic (exact) mass is 464 g/mol. The minimum Gasteiger partial charge on any atom is -0.508 e.